The zero-order valence-corrected chi connectivity index (χ0v) is 19.5. The van der Waals surface area contributed by atoms with E-state index in [4.69, 9.17) is 9.84 Å². The van der Waals surface area contributed by atoms with Crippen LogP contribution in [0.3, 0.4) is 0 Å². The van der Waals surface area contributed by atoms with Gasteiger partial charge in [0.25, 0.3) is 0 Å². The molecule has 1 fully saturated rings. The number of benzene rings is 2. The quantitative estimate of drug-likeness (QED) is 0.456. The van der Waals surface area contributed by atoms with Crippen LogP contribution in [0.2, 0.25) is 0 Å². The molecule has 4 rings (SSSR count). The van der Waals surface area contributed by atoms with E-state index in [1.165, 1.54) is 0 Å². The summed E-state index contributed by atoms with van der Waals surface area (Å²) in [6.07, 6.45) is 3.15. The van der Waals surface area contributed by atoms with E-state index in [1.807, 2.05) is 31.2 Å². The molecule has 2 aromatic carbocycles. The number of amides is 2. The molecule has 2 aromatic rings. The molecule has 2 aliphatic rings. The molecule has 34 heavy (non-hydrogen) atoms. The largest absolute Gasteiger partial charge is 0.481 e. The minimum Gasteiger partial charge on any atom is -0.481 e. The highest BCUT2D eigenvalue weighted by Gasteiger charge is 2.33. The summed E-state index contributed by atoms with van der Waals surface area (Å²) in [7, 11) is 0. The van der Waals surface area contributed by atoms with E-state index in [-0.39, 0.29) is 24.9 Å². The number of nitrogens with one attached hydrogen (secondary N) is 2. The van der Waals surface area contributed by atoms with Crippen LogP contribution in [0, 0.1) is 5.92 Å². The molecule has 0 radical (unpaired) electrons. The van der Waals surface area contributed by atoms with Crippen LogP contribution < -0.4 is 10.6 Å². The fraction of sp³-hybridized carbons (Fsp3) is 0.444. The summed E-state index contributed by atoms with van der Waals surface area (Å²) in [5.41, 5.74) is 4.55. The van der Waals surface area contributed by atoms with Crippen molar-refractivity contribution < 1.29 is 24.2 Å². The Morgan fingerprint density at radius 2 is 1.62 bits per heavy atom. The van der Waals surface area contributed by atoms with Crippen molar-refractivity contribution in [3.63, 3.8) is 0 Å². The van der Waals surface area contributed by atoms with Gasteiger partial charge in [-0.3, -0.25) is 9.59 Å². The molecule has 0 aliphatic heterocycles. The van der Waals surface area contributed by atoms with Crippen molar-refractivity contribution in [2.24, 2.45) is 5.92 Å². The third kappa shape index (κ3) is 5.76. The van der Waals surface area contributed by atoms with Crippen LogP contribution in [-0.2, 0) is 14.3 Å². The topological polar surface area (TPSA) is 105 Å². The Kier molecular flexibility index (Phi) is 7.50. The summed E-state index contributed by atoms with van der Waals surface area (Å²) in [6.45, 7) is 2.12. The number of alkyl carbamates (subject to hydrolysis) is 1. The number of hydrogen-bond acceptors (Lipinski definition) is 4. The SMILES string of the molecule is CCCC(CC(=O)O)NC(=O)C(CC1CC1)NC(=O)OCC1c2ccccc2-c2ccccc21. The molecule has 0 spiro atoms. The second-order valence-corrected chi connectivity index (χ2v) is 9.29. The van der Waals surface area contributed by atoms with Gasteiger partial charge >= 0.3 is 12.1 Å². The van der Waals surface area contributed by atoms with Crippen molar-refractivity contribution in [1.29, 1.82) is 0 Å². The van der Waals surface area contributed by atoms with Gasteiger partial charge in [-0.2, -0.15) is 0 Å². The predicted molar refractivity (Wildman–Crippen MR) is 128 cm³/mol. The van der Waals surface area contributed by atoms with Crippen LogP contribution in [0.4, 0.5) is 4.79 Å². The van der Waals surface area contributed by atoms with Crippen LogP contribution in [0.25, 0.3) is 11.1 Å². The van der Waals surface area contributed by atoms with Crippen molar-refractivity contribution in [1.82, 2.24) is 10.6 Å². The lowest BCUT2D eigenvalue weighted by atomic mass is 9.98. The Labute approximate surface area is 199 Å². The molecule has 0 bridgehead atoms. The predicted octanol–water partition coefficient (Wildman–Crippen LogP) is 4.45. The average Bonchev–Trinajstić information content (AvgIpc) is 3.57. The average molecular weight is 465 g/mol. The van der Waals surface area contributed by atoms with Crippen LogP contribution in [0.5, 0.6) is 0 Å². The molecule has 7 heteroatoms. The third-order valence-electron chi connectivity index (χ3n) is 6.62. The monoisotopic (exact) mass is 464 g/mol. The van der Waals surface area contributed by atoms with E-state index >= 15 is 0 Å². The first-order valence-corrected chi connectivity index (χ1v) is 12.1. The molecule has 7 nitrogen and oxygen atoms in total. The van der Waals surface area contributed by atoms with E-state index in [1.54, 1.807) is 0 Å². The van der Waals surface area contributed by atoms with Gasteiger partial charge in [-0.1, -0.05) is 74.7 Å². The number of ether oxygens (including phenoxy) is 1. The molecule has 1 saturated carbocycles. The summed E-state index contributed by atoms with van der Waals surface area (Å²) < 4.78 is 5.62. The van der Waals surface area contributed by atoms with E-state index in [0.29, 0.717) is 18.8 Å². The van der Waals surface area contributed by atoms with Gasteiger partial charge in [0, 0.05) is 12.0 Å². The maximum Gasteiger partial charge on any atom is 0.407 e. The normalized spacial score (nSPS) is 16.1. The Morgan fingerprint density at radius 3 is 2.18 bits per heavy atom. The summed E-state index contributed by atoms with van der Waals surface area (Å²) in [6, 6.07) is 15.0. The minimum absolute atomic E-state index is 0.0571. The van der Waals surface area contributed by atoms with Gasteiger partial charge in [0.05, 0.1) is 6.42 Å². The first-order chi connectivity index (χ1) is 16.5. The minimum atomic E-state index is -0.956. The number of hydrogen-bond donors (Lipinski definition) is 3. The number of rotatable bonds is 11. The van der Waals surface area contributed by atoms with Gasteiger partial charge in [-0.15, -0.1) is 0 Å². The maximum atomic E-state index is 12.9. The number of carboxylic acid groups (broad SMARTS) is 1. The first-order valence-electron chi connectivity index (χ1n) is 12.1. The van der Waals surface area contributed by atoms with Crippen LogP contribution in [-0.4, -0.2) is 41.8 Å². The van der Waals surface area contributed by atoms with Crippen molar-refractivity contribution in [3.8, 4) is 11.1 Å². The molecule has 3 N–H and O–H groups in total. The van der Waals surface area contributed by atoms with E-state index in [0.717, 1.165) is 41.5 Å². The standard InChI is InChI=1S/C27H32N2O5/c1-2-7-18(15-25(30)31)28-26(32)24(14-17-12-13-17)29-27(33)34-16-23-21-10-5-3-8-19(21)20-9-4-6-11-22(20)23/h3-6,8-11,17-18,23-24H,2,7,12-16H2,1H3,(H,28,32)(H,29,33)(H,30,31). The lowest BCUT2D eigenvalue weighted by molar-refractivity contribution is -0.137. The third-order valence-corrected chi connectivity index (χ3v) is 6.62. The number of fused-ring (bicyclic) bond motifs is 3. The number of carbonyl (C=O) groups excluding carboxylic acids is 2. The van der Waals surface area contributed by atoms with Gasteiger partial charge < -0.3 is 20.5 Å². The molecule has 180 valence electrons. The lowest BCUT2D eigenvalue weighted by Crippen LogP contribution is -2.50. The second kappa shape index (κ2) is 10.7. The molecular formula is C27H32N2O5. The van der Waals surface area contributed by atoms with E-state index in [2.05, 4.69) is 34.9 Å². The summed E-state index contributed by atoms with van der Waals surface area (Å²) in [4.78, 5) is 36.8. The smallest absolute Gasteiger partial charge is 0.407 e. The molecule has 2 amide bonds. The van der Waals surface area contributed by atoms with Crippen LogP contribution in [0.15, 0.2) is 48.5 Å². The molecular weight excluding hydrogens is 432 g/mol. The fourth-order valence-corrected chi connectivity index (χ4v) is 4.79. The van der Waals surface area contributed by atoms with Gasteiger partial charge in [-0.25, -0.2) is 4.79 Å². The second-order valence-electron chi connectivity index (χ2n) is 9.29. The molecule has 0 aromatic heterocycles. The van der Waals surface area contributed by atoms with Gasteiger partial charge in [0.15, 0.2) is 0 Å². The van der Waals surface area contributed by atoms with Crippen molar-refractivity contribution in [2.45, 2.75) is 63.5 Å². The molecule has 2 unspecified atom stereocenters. The summed E-state index contributed by atoms with van der Waals surface area (Å²) in [5.74, 6) is -0.964. The van der Waals surface area contributed by atoms with Crippen molar-refractivity contribution in [3.05, 3.63) is 59.7 Å². The zero-order valence-electron chi connectivity index (χ0n) is 19.5. The van der Waals surface area contributed by atoms with Crippen LogP contribution in [0.1, 0.15) is 62.5 Å². The van der Waals surface area contributed by atoms with Gasteiger partial charge in [-0.05, 0) is 41.0 Å². The van der Waals surface area contributed by atoms with E-state index in [9.17, 15) is 14.4 Å². The molecule has 0 heterocycles. The lowest BCUT2D eigenvalue weighted by Gasteiger charge is -2.23. The first kappa shape index (κ1) is 23.8. The molecule has 2 atom stereocenters. The molecule has 0 saturated heterocycles. The summed E-state index contributed by atoms with van der Waals surface area (Å²) in [5, 5.41) is 14.7. The highest BCUT2D eigenvalue weighted by Crippen LogP contribution is 2.44. The Bertz CT molecular complexity index is 1000. The Hall–Kier alpha value is -3.35. The molecule has 2 aliphatic carbocycles. The van der Waals surface area contributed by atoms with Crippen LogP contribution >= 0.6 is 0 Å². The highest BCUT2D eigenvalue weighted by molar-refractivity contribution is 5.86. The number of aliphatic carboxylic acids is 1. The Balaban J connectivity index is 1.39. The number of carbonyl (C=O) groups is 3. The Morgan fingerprint density at radius 1 is 1.00 bits per heavy atom. The maximum absolute atomic E-state index is 12.9. The van der Waals surface area contributed by atoms with Gasteiger partial charge in [0.2, 0.25) is 5.91 Å². The zero-order chi connectivity index (χ0) is 24.1. The van der Waals surface area contributed by atoms with Crippen molar-refractivity contribution >= 4 is 18.0 Å². The fourth-order valence-electron chi connectivity index (χ4n) is 4.79. The highest BCUT2D eigenvalue weighted by atomic mass is 16.5. The number of carboxylic acids is 1. The van der Waals surface area contributed by atoms with Gasteiger partial charge in [0.1, 0.15) is 12.6 Å². The summed E-state index contributed by atoms with van der Waals surface area (Å²) >= 11 is 0. The van der Waals surface area contributed by atoms with E-state index < -0.39 is 24.1 Å². The van der Waals surface area contributed by atoms with Crippen molar-refractivity contribution in [2.75, 3.05) is 6.61 Å².